The van der Waals surface area contributed by atoms with Crippen LogP contribution in [0.25, 0.3) is 0 Å². The van der Waals surface area contributed by atoms with Crippen molar-refractivity contribution >= 4 is 45.9 Å². The molecule has 6 nitrogen and oxygen atoms in total. The minimum Gasteiger partial charge on any atom is -0.492 e. The molecular formula is C17H28BrIN4O2. The highest BCUT2D eigenvalue weighted by molar-refractivity contribution is 14.0. The molecule has 1 aliphatic heterocycles. The summed E-state index contributed by atoms with van der Waals surface area (Å²) in [5.41, 5.74) is 0. The first-order valence-electron chi connectivity index (χ1n) is 8.48. The molecule has 0 saturated carbocycles. The molecule has 1 saturated heterocycles. The molecule has 0 atom stereocenters. The molecule has 0 radical (unpaired) electrons. The quantitative estimate of drug-likeness (QED) is 0.236. The Kier molecular flexibility index (Phi) is 12.2. The van der Waals surface area contributed by atoms with Gasteiger partial charge in [0.2, 0.25) is 0 Å². The standard InChI is InChI=1S/C17H27BrN4O2.HI/c1-2-19-17(20-7-9-22-10-13-23-14-11-22)21-8-12-24-16-5-3-15(18)4-6-16;/h3-6H,2,7-14H2,1H3,(H2,19,20,21);1H. The van der Waals surface area contributed by atoms with Gasteiger partial charge >= 0.3 is 0 Å². The molecular weight excluding hydrogens is 499 g/mol. The fraction of sp³-hybridized carbons (Fsp3) is 0.588. The molecule has 8 heteroatoms. The van der Waals surface area contributed by atoms with Crippen LogP contribution in [0.3, 0.4) is 0 Å². The predicted molar refractivity (Wildman–Crippen MR) is 116 cm³/mol. The molecule has 0 unspecified atom stereocenters. The smallest absolute Gasteiger partial charge is 0.191 e. The van der Waals surface area contributed by atoms with Crippen LogP contribution in [0.5, 0.6) is 5.75 Å². The van der Waals surface area contributed by atoms with Gasteiger partial charge < -0.3 is 20.1 Å². The molecule has 1 aromatic carbocycles. The van der Waals surface area contributed by atoms with E-state index in [1.807, 2.05) is 24.3 Å². The van der Waals surface area contributed by atoms with Crippen LogP contribution in [-0.4, -0.2) is 69.9 Å². The summed E-state index contributed by atoms with van der Waals surface area (Å²) in [6.45, 7) is 9.62. The van der Waals surface area contributed by atoms with E-state index in [-0.39, 0.29) is 24.0 Å². The maximum Gasteiger partial charge on any atom is 0.191 e. The van der Waals surface area contributed by atoms with Gasteiger partial charge in [-0.15, -0.1) is 24.0 Å². The monoisotopic (exact) mass is 526 g/mol. The number of hydrogen-bond donors (Lipinski definition) is 2. The van der Waals surface area contributed by atoms with Crippen LogP contribution < -0.4 is 15.4 Å². The number of nitrogens with zero attached hydrogens (tertiary/aromatic N) is 2. The average Bonchev–Trinajstić information content (AvgIpc) is 2.61. The first-order valence-corrected chi connectivity index (χ1v) is 9.28. The molecule has 0 bridgehead atoms. The summed E-state index contributed by atoms with van der Waals surface area (Å²) < 4.78 is 12.1. The van der Waals surface area contributed by atoms with Gasteiger partial charge in [-0.25, -0.2) is 0 Å². The van der Waals surface area contributed by atoms with Crippen LogP contribution in [0.15, 0.2) is 33.7 Å². The minimum atomic E-state index is 0. The molecule has 1 fully saturated rings. The summed E-state index contributed by atoms with van der Waals surface area (Å²) in [4.78, 5) is 7.00. The van der Waals surface area contributed by atoms with E-state index in [0.717, 1.165) is 62.1 Å². The van der Waals surface area contributed by atoms with Gasteiger partial charge in [0.1, 0.15) is 12.4 Å². The molecule has 25 heavy (non-hydrogen) atoms. The van der Waals surface area contributed by atoms with Gasteiger partial charge in [0.15, 0.2) is 5.96 Å². The fourth-order valence-electron chi connectivity index (χ4n) is 2.34. The molecule has 1 aromatic rings. The van der Waals surface area contributed by atoms with E-state index in [2.05, 4.69) is 43.4 Å². The van der Waals surface area contributed by atoms with Crippen molar-refractivity contribution in [2.45, 2.75) is 6.92 Å². The molecule has 1 aliphatic rings. The van der Waals surface area contributed by atoms with Gasteiger partial charge in [-0.3, -0.25) is 9.89 Å². The summed E-state index contributed by atoms with van der Waals surface area (Å²) in [7, 11) is 0. The van der Waals surface area contributed by atoms with Crippen molar-refractivity contribution in [1.82, 2.24) is 15.5 Å². The maximum absolute atomic E-state index is 5.70. The van der Waals surface area contributed by atoms with Crippen molar-refractivity contribution in [3.63, 3.8) is 0 Å². The van der Waals surface area contributed by atoms with Gasteiger partial charge in [-0.2, -0.15) is 0 Å². The summed E-state index contributed by atoms with van der Waals surface area (Å²) >= 11 is 3.41. The Morgan fingerprint density at radius 3 is 2.64 bits per heavy atom. The van der Waals surface area contributed by atoms with Crippen LogP contribution >= 0.6 is 39.9 Å². The topological polar surface area (TPSA) is 58.1 Å². The highest BCUT2D eigenvalue weighted by Gasteiger charge is 2.09. The van der Waals surface area contributed by atoms with Crippen molar-refractivity contribution in [1.29, 1.82) is 0 Å². The van der Waals surface area contributed by atoms with Gasteiger partial charge in [0.25, 0.3) is 0 Å². The van der Waals surface area contributed by atoms with E-state index in [4.69, 9.17) is 9.47 Å². The molecule has 2 N–H and O–H groups in total. The second-order valence-corrected chi connectivity index (χ2v) is 6.36. The predicted octanol–water partition coefficient (Wildman–Crippen LogP) is 2.33. The van der Waals surface area contributed by atoms with Crippen LogP contribution in [0, 0.1) is 0 Å². The van der Waals surface area contributed by atoms with Crippen molar-refractivity contribution in [2.75, 3.05) is 59.1 Å². The van der Waals surface area contributed by atoms with Crippen molar-refractivity contribution in [3.05, 3.63) is 28.7 Å². The zero-order chi connectivity index (χ0) is 17.0. The maximum atomic E-state index is 5.70. The van der Waals surface area contributed by atoms with E-state index >= 15 is 0 Å². The molecule has 0 spiro atoms. The number of nitrogens with one attached hydrogen (secondary N) is 2. The molecule has 0 aromatic heterocycles. The van der Waals surface area contributed by atoms with Crippen LogP contribution in [0.1, 0.15) is 6.92 Å². The van der Waals surface area contributed by atoms with Crippen LogP contribution in [0.4, 0.5) is 0 Å². The average molecular weight is 527 g/mol. The molecule has 0 aliphatic carbocycles. The Balaban J connectivity index is 0.00000312. The summed E-state index contributed by atoms with van der Waals surface area (Å²) in [6, 6.07) is 7.84. The lowest BCUT2D eigenvalue weighted by atomic mass is 10.3. The number of hydrogen-bond acceptors (Lipinski definition) is 4. The molecule has 0 amide bonds. The normalized spacial score (nSPS) is 15.4. The number of aliphatic imine (C=N–C) groups is 1. The molecule has 1 heterocycles. The van der Waals surface area contributed by atoms with Crippen LogP contribution in [0.2, 0.25) is 0 Å². The van der Waals surface area contributed by atoms with Gasteiger partial charge in [-0.05, 0) is 31.2 Å². The first kappa shape index (κ1) is 22.5. The van der Waals surface area contributed by atoms with E-state index in [0.29, 0.717) is 13.2 Å². The lowest BCUT2D eigenvalue weighted by Crippen LogP contribution is -2.41. The van der Waals surface area contributed by atoms with Crippen molar-refractivity contribution in [3.8, 4) is 5.75 Å². The highest BCUT2D eigenvalue weighted by Crippen LogP contribution is 2.15. The Morgan fingerprint density at radius 1 is 1.24 bits per heavy atom. The summed E-state index contributed by atoms with van der Waals surface area (Å²) in [5, 5.41) is 6.56. The Morgan fingerprint density at radius 2 is 1.96 bits per heavy atom. The zero-order valence-electron chi connectivity index (χ0n) is 14.7. The summed E-state index contributed by atoms with van der Waals surface area (Å²) in [6.07, 6.45) is 0. The Bertz CT molecular complexity index is 496. The number of guanidine groups is 1. The second-order valence-electron chi connectivity index (χ2n) is 5.44. The third-order valence-corrected chi connectivity index (χ3v) is 4.14. The van der Waals surface area contributed by atoms with Gasteiger partial charge in [0, 0.05) is 30.7 Å². The first-order chi connectivity index (χ1) is 11.8. The summed E-state index contributed by atoms with van der Waals surface area (Å²) in [5.74, 6) is 1.71. The number of rotatable bonds is 8. The highest BCUT2D eigenvalue weighted by atomic mass is 127. The zero-order valence-corrected chi connectivity index (χ0v) is 18.6. The largest absolute Gasteiger partial charge is 0.492 e. The van der Waals surface area contributed by atoms with Crippen LogP contribution in [-0.2, 0) is 4.74 Å². The number of halogens is 2. The van der Waals surface area contributed by atoms with E-state index in [1.165, 1.54) is 0 Å². The van der Waals surface area contributed by atoms with Gasteiger partial charge in [-0.1, -0.05) is 15.9 Å². The minimum absolute atomic E-state index is 0. The second kappa shape index (κ2) is 13.6. The van der Waals surface area contributed by atoms with Gasteiger partial charge in [0.05, 0.1) is 26.3 Å². The Labute approximate surface area is 175 Å². The third-order valence-electron chi connectivity index (χ3n) is 3.61. The van der Waals surface area contributed by atoms with Crippen molar-refractivity contribution < 1.29 is 9.47 Å². The number of ether oxygens (including phenoxy) is 2. The lowest BCUT2D eigenvalue weighted by molar-refractivity contribution is 0.0394. The van der Waals surface area contributed by atoms with E-state index in [1.54, 1.807) is 0 Å². The van der Waals surface area contributed by atoms with E-state index in [9.17, 15) is 0 Å². The number of morpholine rings is 1. The lowest BCUT2D eigenvalue weighted by Gasteiger charge is -2.25. The molecule has 2 rings (SSSR count). The van der Waals surface area contributed by atoms with E-state index < -0.39 is 0 Å². The third kappa shape index (κ3) is 9.62. The number of benzene rings is 1. The fourth-order valence-corrected chi connectivity index (χ4v) is 2.60. The Hall–Kier alpha value is -0.580. The molecule has 142 valence electrons. The SMILES string of the molecule is CCNC(=NCCN1CCOCC1)NCCOc1ccc(Br)cc1.I. The van der Waals surface area contributed by atoms with Crippen molar-refractivity contribution in [2.24, 2.45) is 4.99 Å².